The fraction of sp³-hybridized carbons (Fsp3) is 0.360. The average Bonchev–Trinajstić information content (AvgIpc) is 3.37. The number of aryl methyl sites for hydroxylation is 1. The number of aromatic nitrogens is 2. The van der Waals surface area contributed by atoms with E-state index < -0.39 is 15.7 Å². The molecule has 4 rings (SSSR count). The molecule has 1 saturated heterocycles. The number of nitrogens with one attached hydrogen (secondary N) is 1. The van der Waals surface area contributed by atoms with Crippen LogP contribution in [0.2, 0.25) is 5.02 Å². The Morgan fingerprint density at radius 3 is 2.63 bits per heavy atom. The summed E-state index contributed by atoms with van der Waals surface area (Å²) in [6.45, 7) is 5.63. The van der Waals surface area contributed by atoms with Gasteiger partial charge in [0.1, 0.15) is 17.3 Å². The van der Waals surface area contributed by atoms with Gasteiger partial charge >= 0.3 is 0 Å². The Hall–Kier alpha value is -3.04. The van der Waals surface area contributed by atoms with Crippen molar-refractivity contribution < 1.29 is 22.7 Å². The van der Waals surface area contributed by atoms with Gasteiger partial charge in [-0.1, -0.05) is 23.7 Å². The number of anilines is 1. The summed E-state index contributed by atoms with van der Waals surface area (Å²) in [6, 6.07) is 14.0. The van der Waals surface area contributed by atoms with Crippen LogP contribution in [-0.4, -0.2) is 48.3 Å². The van der Waals surface area contributed by atoms with E-state index in [1.807, 2.05) is 39.0 Å². The highest BCUT2D eigenvalue weighted by atomic mass is 35.5. The molecule has 1 unspecified atom stereocenters. The summed E-state index contributed by atoms with van der Waals surface area (Å²) in [5, 5.41) is 7.91. The second kappa shape index (κ2) is 10.3. The van der Waals surface area contributed by atoms with Gasteiger partial charge in [-0.15, -0.1) is 0 Å². The number of amides is 1. The number of benzene rings is 2. The van der Waals surface area contributed by atoms with Crippen LogP contribution in [0.15, 0.2) is 48.5 Å². The van der Waals surface area contributed by atoms with Crippen molar-refractivity contribution in [1.82, 2.24) is 9.78 Å². The Morgan fingerprint density at radius 1 is 1.20 bits per heavy atom. The van der Waals surface area contributed by atoms with Gasteiger partial charge in [0.15, 0.2) is 16.4 Å². The molecule has 1 aromatic heterocycles. The zero-order chi connectivity index (χ0) is 25.2. The summed E-state index contributed by atoms with van der Waals surface area (Å²) in [6.07, 6.45) is 0.487. The third-order valence-corrected chi connectivity index (χ3v) is 7.65. The van der Waals surface area contributed by atoms with E-state index in [0.29, 0.717) is 28.7 Å². The predicted molar refractivity (Wildman–Crippen MR) is 136 cm³/mol. The van der Waals surface area contributed by atoms with Crippen LogP contribution in [0.4, 0.5) is 5.82 Å². The molecule has 0 aliphatic carbocycles. The molecule has 2 heterocycles. The topological polar surface area (TPSA) is 99.5 Å². The molecule has 2 aromatic carbocycles. The number of nitrogens with zero attached hydrogens (tertiary/aromatic N) is 2. The summed E-state index contributed by atoms with van der Waals surface area (Å²) >= 11 is 6.09. The molecule has 1 atom stereocenters. The van der Waals surface area contributed by atoms with Crippen LogP contribution in [0.3, 0.4) is 0 Å². The third-order valence-electron chi connectivity index (χ3n) is 5.59. The van der Waals surface area contributed by atoms with Crippen LogP contribution in [0.1, 0.15) is 31.9 Å². The van der Waals surface area contributed by atoms with Crippen molar-refractivity contribution in [2.45, 2.75) is 39.3 Å². The lowest BCUT2D eigenvalue weighted by atomic mass is 10.1. The lowest BCUT2D eigenvalue weighted by Gasteiger charge is -2.14. The highest BCUT2D eigenvalue weighted by molar-refractivity contribution is 7.91. The molecule has 0 spiro atoms. The van der Waals surface area contributed by atoms with E-state index in [1.165, 1.54) is 0 Å². The molecule has 1 aliphatic rings. The molecule has 35 heavy (non-hydrogen) atoms. The van der Waals surface area contributed by atoms with Crippen LogP contribution < -0.4 is 14.8 Å². The van der Waals surface area contributed by atoms with E-state index >= 15 is 0 Å². The fourth-order valence-electron chi connectivity index (χ4n) is 3.95. The van der Waals surface area contributed by atoms with Crippen molar-refractivity contribution >= 4 is 33.2 Å². The maximum absolute atomic E-state index is 12.7. The van der Waals surface area contributed by atoms with E-state index in [-0.39, 0.29) is 30.3 Å². The molecule has 1 N–H and O–H groups in total. The number of hydrogen-bond acceptors (Lipinski definition) is 6. The SMILES string of the molecule is Cc1cc(-c2cc(NC(=O)COc3ccccc3Cl)n(C3CCS(=O)(=O)C3)n2)ccc1OC(C)C. The number of ether oxygens (including phenoxy) is 2. The van der Waals surface area contributed by atoms with Gasteiger partial charge in [0, 0.05) is 11.6 Å². The van der Waals surface area contributed by atoms with Gasteiger partial charge in [-0.3, -0.25) is 4.79 Å². The minimum Gasteiger partial charge on any atom is -0.491 e. The standard InChI is InChI=1S/C25H28ClN3O5S/c1-16(2)34-22-9-8-18(12-17(22)3)21-13-24(29(28-21)19-10-11-35(31,32)15-19)27-25(30)14-33-23-7-5-4-6-20(23)26/h4-9,12-13,16,19H,10-11,14-15H2,1-3H3,(H,27,30). The molecule has 1 fully saturated rings. The van der Waals surface area contributed by atoms with Crippen LogP contribution in [0, 0.1) is 6.92 Å². The van der Waals surface area contributed by atoms with Crippen molar-refractivity contribution in [2.24, 2.45) is 0 Å². The fourth-order valence-corrected chi connectivity index (χ4v) is 5.84. The summed E-state index contributed by atoms with van der Waals surface area (Å²) < 4.78 is 37.2. The van der Waals surface area contributed by atoms with E-state index in [9.17, 15) is 13.2 Å². The van der Waals surface area contributed by atoms with E-state index in [4.69, 9.17) is 21.1 Å². The Bertz CT molecular complexity index is 1340. The molecule has 10 heteroatoms. The van der Waals surface area contributed by atoms with Crippen molar-refractivity contribution in [3.63, 3.8) is 0 Å². The second-order valence-corrected chi connectivity index (χ2v) is 11.5. The van der Waals surface area contributed by atoms with Gasteiger partial charge in [-0.25, -0.2) is 13.1 Å². The number of halogens is 1. The van der Waals surface area contributed by atoms with E-state index in [2.05, 4.69) is 10.4 Å². The van der Waals surface area contributed by atoms with Crippen molar-refractivity contribution in [3.05, 3.63) is 59.1 Å². The summed E-state index contributed by atoms with van der Waals surface area (Å²) in [7, 11) is -3.15. The molecule has 1 amide bonds. The van der Waals surface area contributed by atoms with Gasteiger partial charge in [-0.05, 0) is 63.1 Å². The third kappa shape index (κ3) is 6.15. The first kappa shape index (κ1) is 25.1. The molecular formula is C25H28ClN3O5S. The molecule has 1 aliphatic heterocycles. The predicted octanol–water partition coefficient (Wildman–Crippen LogP) is 4.68. The molecule has 0 saturated carbocycles. The average molecular weight is 518 g/mol. The van der Waals surface area contributed by atoms with Gasteiger partial charge in [-0.2, -0.15) is 5.10 Å². The van der Waals surface area contributed by atoms with Crippen molar-refractivity contribution in [1.29, 1.82) is 0 Å². The lowest BCUT2D eigenvalue weighted by molar-refractivity contribution is -0.118. The molecule has 0 radical (unpaired) electrons. The van der Waals surface area contributed by atoms with Gasteiger partial charge in [0.25, 0.3) is 5.91 Å². The van der Waals surface area contributed by atoms with Gasteiger partial charge in [0.2, 0.25) is 0 Å². The second-order valence-electron chi connectivity index (χ2n) is 8.83. The Balaban J connectivity index is 1.58. The van der Waals surface area contributed by atoms with Crippen LogP contribution in [0.5, 0.6) is 11.5 Å². The van der Waals surface area contributed by atoms with Crippen LogP contribution in [0.25, 0.3) is 11.3 Å². The van der Waals surface area contributed by atoms with E-state index in [1.54, 1.807) is 35.0 Å². The number of para-hydroxylation sites is 1. The molecular weight excluding hydrogens is 490 g/mol. The van der Waals surface area contributed by atoms with E-state index in [0.717, 1.165) is 16.9 Å². The first-order valence-electron chi connectivity index (χ1n) is 11.4. The number of hydrogen-bond donors (Lipinski definition) is 1. The Morgan fingerprint density at radius 2 is 1.97 bits per heavy atom. The van der Waals surface area contributed by atoms with Gasteiger partial charge in [0.05, 0.1) is 34.4 Å². The normalized spacial score (nSPS) is 16.9. The van der Waals surface area contributed by atoms with Crippen LogP contribution >= 0.6 is 11.6 Å². The smallest absolute Gasteiger partial charge is 0.263 e. The first-order chi connectivity index (χ1) is 16.6. The maximum atomic E-state index is 12.7. The monoisotopic (exact) mass is 517 g/mol. The van der Waals surface area contributed by atoms with Crippen LogP contribution in [-0.2, 0) is 14.6 Å². The summed E-state index contributed by atoms with van der Waals surface area (Å²) in [5.41, 5.74) is 2.41. The minimum absolute atomic E-state index is 0.0205. The molecule has 186 valence electrons. The Kier molecular flexibility index (Phi) is 7.37. The molecule has 0 bridgehead atoms. The highest BCUT2D eigenvalue weighted by Crippen LogP contribution is 2.32. The quantitative estimate of drug-likeness (QED) is 0.466. The summed E-state index contributed by atoms with van der Waals surface area (Å²) in [5.74, 6) is 1.27. The summed E-state index contributed by atoms with van der Waals surface area (Å²) in [4.78, 5) is 12.7. The minimum atomic E-state index is -3.15. The molecule has 8 nitrogen and oxygen atoms in total. The zero-order valence-corrected chi connectivity index (χ0v) is 21.4. The number of rotatable bonds is 8. The zero-order valence-electron chi connectivity index (χ0n) is 19.8. The number of carbonyl (C=O) groups is 1. The largest absolute Gasteiger partial charge is 0.491 e. The highest BCUT2D eigenvalue weighted by Gasteiger charge is 2.32. The first-order valence-corrected chi connectivity index (χ1v) is 13.6. The molecule has 3 aromatic rings. The lowest BCUT2D eigenvalue weighted by Crippen LogP contribution is -2.23. The maximum Gasteiger partial charge on any atom is 0.263 e. The van der Waals surface area contributed by atoms with Gasteiger partial charge < -0.3 is 14.8 Å². The van der Waals surface area contributed by atoms with Crippen molar-refractivity contribution in [3.8, 4) is 22.8 Å². The Labute approximate surface area is 210 Å². The van der Waals surface area contributed by atoms with Crippen molar-refractivity contribution in [2.75, 3.05) is 23.4 Å². The number of carbonyl (C=O) groups excluding carboxylic acids is 1. The number of sulfone groups is 1.